The van der Waals surface area contributed by atoms with E-state index in [2.05, 4.69) is 0 Å². The van der Waals surface area contributed by atoms with Gasteiger partial charge in [-0.1, -0.05) is 13.8 Å². The molecule has 0 amide bonds. The van der Waals surface area contributed by atoms with Crippen molar-refractivity contribution in [2.24, 2.45) is 0 Å². The standard InChI is InChI=1S/C21H18F2O4/c1-11(2)16-9-17-13(7-20(24)27-19(17)6-12(16)3)10-26-21(25)15-5-4-14(22)8-18(15)23/h4-9,11H,10H2,1-3H3. The van der Waals surface area contributed by atoms with Gasteiger partial charge in [0.1, 0.15) is 23.8 Å². The Hall–Kier alpha value is -3.02. The van der Waals surface area contributed by atoms with Crippen LogP contribution in [0.25, 0.3) is 11.0 Å². The third kappa shape index (κ3) is 3.89. The van der Waals surface area contributed by atoms with Crippen molar-refractivity contribution in [3.63, 3.8) is 0 Å². The van der Waals surface area contributed by atoms with Gasteiger partial charge in [0.05, 0.1) is 5.56 Å². The molecule has 0 radical (unpaired) electrons. The Morgan fingerprint density at radius 1 is 1.15 bits per heavy atom. The first-order chi connectivity index (χ1) is 12.8. The molecule has 0 unspecified atom stereocenters. The van der Waals surface area contributed by atoms with Crippen LogP contribution in [0.15, 0.2) is 45.6 Å². The van der Waals surface area contributed by atoms with E-state index in [1.54, 1.807) is 6.07 Å². The molecule has 0 aliphatic heterocycles. The summed E-state index contributed by atoms with van der Waals surface area (Å²) in [5, 5.41) is 0.649. The molecule has 0 spiro atoms. The van der Waals surface area contributed by atoms with Crippen molar-refractivity contribution < 1.29 is 22.7 Å². The number of benzene rings is 2. The zero-order chi connectivity index (χ0) is 19.7. The van der Waals surface area contributed by atoms with E-state index in [0.29, 0.717) is 22.6 Å². The summed E-state index contributed by atoms with van der Waals surface area (Å²) in [5.41, 5.74) is 1.97. The lowest BCUT2D eigenvalue weighted by Crippen LogP contribution is -2.10. The molecule has 140 valence electrons. The summed E-state index contributed by atoms with van der Waals surface area (Å²) in [6.45, 7) is 5.78. The van der Waals surface area contributed by atoms with Crippen molar-refractivity contribution in [1.82, 2.24) is 0 Å². The number of aryl methyl sites for hydroxylation is 1. The summed E-state index contributed by atoms with van der Waals surface area (Å²) in [6.07, 6.45) is 0. The minimum absolute atomic E-state index is 0.238. The molecule has 0 fully saturated rings. The van der Waals surface area contributed by atoms with Crippen LogP contribution in [0.5, 0.6) is 0 Å². The van der Waals surface area contributed by atoms with Gasteiger partial charge in [-0.25, -0.2) is 18.4 Å². The number of halogens is 2. The third-order valence-corrected chi connectivity index (χ3v) is 4.35. The van der Waals surface area contributed by atoms with E-state index >= 15 is 0 Å². The average molecular weight is 372 g/mol. The van der Waals surface area contributed by atoms with Crippen LogP contribution in [0, 0.1) is 18.6 Å². The highest BCUT2D eigenvalue weighted by molar-refractivity contribution is 5.90. The van der Waals surface area contributed by atoms with E-state index in [0.717, 1.165) is 23.3 Å². The van der Waals surface area contributed by atoms with E-state index < -0.39 is 23.2 Å². The third-order valence-electron chi connectivity index (χ3n) is 4.35. The van der Waals surface area contributed by atoms with Gasteiger partial charge in [-0.05, 0) is 48.2 Å². The van der Waals surface area contributed by atoms with Crippen LogP contribution >= 0.6 is 0 Å². The van der Waals surface area contributed by atoms with Crippen molar-refractivity contribution in [3.05, 3.63) is 80.7 Å². The minimum atomic E-state index is -1.00. The number of fused-ring (bicyclic) bond motifs is 1. The second-order valence-electron chi connectivity index (χ2n) is 6.65. The van der Waals surface area contributed by atoms with Gasteiger partial charge in [-0.15, -0.1) is 0 Å². The average Bonchev–Trinajstić information content (AvgIpc) is 2.58. The predicted molar refractivity (Wildman–Crippen MR) is 96.8 cm³/mol. The molecule has 3 rings (SSSR count). The summed E-state index contributed by atoms with van der Waals surface area (Å²) in [6, 6.07) is 7.53. The Morgan fingerprint density at radius 2 is 1.89 bits per heavy atom. The van der Waals surface area contributed by atoms with Gasteiger partial charge in [-0.2, -0.15) is 0 Å². The molecule has 27 heavy (non-hydrogen) atoms. The largest absolute Gasteiger partial charge is 0.457 e. The SMILES string of the molecule is Cc1cc2oc(=O)cc(COC(=O)c3ccc(F)cc3F)c2cc1C(C)C. The van der Waals surface area contributed by atoms with Crippen LogP contribution in [0.1, 0.15) is 46.8 Å². The fraction of sp³-hybridized carbons (Fsp3) is 0.238. The van der Waals surface area contributed by atoms with Gasteiger partial charge in [0.15, 0.2) is 0 Å². The fourth-order valence-electron chi connectivity index (χ4n) is 3.01. The number of ether oxygens (including phenoxy) is 1. The van der Waals surface area contributed by atoms with Crippen LogP contribution in [0.3, 0.4) is 0 Å². The van der Waals surface area contributed by atoms with Crippen LogP contribution in [-0.4, -0.2) is 5.97 Å². The molecular formula is C21H18F2O4. The Labute approximate surface area is 154 Å². The van der Waals surface area contributed by atoms with E-state index in [9.17, 15) is 18.4 Å². The van der Waals surface area contributed by atoms with E-state index in [1.807, 2.05) is 26.8 Å². The van der Waals surface area contributed by atoms with E-state index in [1.165, 1.54) is 6.07 Å². The molecule has 0 atom stereocenters. The maximum absolute atomic E-state index is 13.7. The first-order valence-corrected chi connectivity index (χ1v) is 8.45. The highest BCUT2D eigenvalue weighted by atomic mass is 19.1. The Balaban J connectivity index is 1.95. The van der Waals surface area contributed by atoms with Gasteiger partial charge in [0.25, 0.3) is 0 Å². The van der Waals surface area contributed by atoms with Gasteiger partial charge >= 0.3 is 11.6 Å². The summed E-state index contributed by atoms with van der Waals surface area (Å²) >= 11 is 0. The maximum Gasteiger partial charge on any atom is 0.341 e. The summed E-state index contributed by atoms with van der Waals surface area (Å²) in [5.74, 6) is -2.47. The van der Waals surface area contributed by atoms with Gasteiger partial charge in [0, 0.05) is 23.1 Å². The molecule has 0 aliphatic rings. The van der Waals surface area contributed by atoms with Crippen molar-refractivity contribution in [1.29, 1.82) is 0 Å². The Kier molecular flexibility index (Phi) is 5.08. The Bertz CT molecular complexity index is 1080. The van der Waals surface area contributed by atoms with Crippen molar-refractivity contribution in [2.75, 3.05) is 0 Å². The summed E-state index contributed by atoms with van der Waals surface area (Å²) in [7, 11) is 0. The molecular weight excluding hydrogens is 354 g/mol. The normalized spacial score (nSPS) is 11.2. The lowest BCUT2D eigenvalue weighted by molar-refractivity contribution is 0.0468. The molecule has 6 heteroatoms. The highest BCUT2D eigenvalue weighted by Crippen LogP contribution is 2.27. The molecule has 3 aromatic rings. The second kappa shape index (κ2) is 7.31. The number of hydrogen-bond donors (Lipinski definition) is 0. The van der Waals surface area contributed by atoms with E-state index in [4.69, 9.17) is 9.15 Å². The molecule has 0 saturated heterocycles. The summed E-state index contributed by atoms with van der Waals surface area (Å²) < 4.78 is 37.1. The first-order valence-electron chi connectivity index (χ1n) is 8.45. The monoisotopic (exact) mass is 372 g/mol. The molecule has 2 aromatic carbocycles. The zero-order valence-electron chi connectivity index (χ0n) is 15.1. The minimum Gasteiger partial charge on any atom is -0.457 e. The lowest BCUT2D eigenvalue weighted by Gasteiger charge is -2.13. The van der Waals surface area contributed by atoms with E-state index in [-0.39, 0.29) is 18.1 Å². The molecule has 0 aliphatic carbocycles. The number of rotatable bonds is 4. The van der Waals surface area contributed by atoms with Crippen LogP contribution in [0.2, 0.25) is 0 Å². The smallest absolute Gasteiger partial charge is 0.341 e. The quantitative estimate of drug-likeness (QED) is 0.485. The molecule has 4 nitrogen and oxygen atoms in total. The molecule has 0 N–H and O–H groups in total. The van der Waals surface area contributed by atoms with Crippen molar-refractivity contribution in [2.45, 2.75) is 33.3 Å². The van der Waals surface area contributed by atoms with Gasteiger partial charge < -0.3 is 9.15 Å². The number of carbonyl (C=O) groups is 1. The second-order valence-corrected chi connectivity index (χ2v) is 6.65. The van der Waals surface area contributed by atoms with Gasteiger partial charge in [0.2, 0.25) is 0 Å². The number of hydrogen-bond acceptors (Lipinski definition) is 4. The lowest BCUT2D eigenvalue weighted by atomic mass is 9.95. The first kappa shape index (κ1) is 18.8. The molecule has 1 heterocycles. The number of carbonyl (C=O) groups excluding carboxylic acids is 1. The zero-order valence-corrected chi connectivity index (χ0v) is 15.1. The molecule has 0 saturated carbocycles. The number of esters is 1. The van der Waals surface area contributed by atoms with Crippen LogP contribution < -0.4 is 5.63 Å². The van der Waals surface area contributed by atoms with Crippen molar-refractivity contribution >= 4 is 16.9 Å². The van der Waals surface area contributed by atoms with Crippen LogP contribution in [-0.2, 0) is 11.3 Å². The molecule has 0 bridgehead atoms. The topological polar surface area (TPSA) is 56.5 Å². The Morgan fingerprint density at radius 3 is 2.56 bits per heavy atom. The van der Waals surface area contributed by atoms with Gasteiger partial charge in [-0.3, -0.25) is 0 Å². The summed E-state index contributed by atoms with van der Waals surface area (Å²) in [4.78, 5) is 23.9. The molecule has 1 aromatic heterocycles. The van der Waals surface area contributed by atoms with Crippen LogP contribution in [0.4, 0.5) is 8.78 Å². The highest BCUT2D eigenvalue weighted by Gasteiger charge is 2.16. The fourth-order valence-corrected chi connectivity index (χ4v) is 3.01. The maximum atomic E-state index is 13.7. The predicted octanol–water partition coefficient (Wildman–Crippen LogP) is 4.86. The van der Waals surface area contributed by atoms with Crippen molar-refractivity contribution in [3.8, 4) is 0 Å².